The largest absolute Gasteiger partial charge is 0.394 e. The highest BCUT2D eigenvalue weighted by atomic mass is 19.1. The van der Waals surface area contributed by atoms with Crippen LogP contribution in [0.5, 0.6) is 0 Å². The van der Waals surface area contributed by atoms with E-state index in [1.165, 1.54) is 29.2 Å². The summed E-state index contributed by atoms with van der Waals surface area (Å²) < 4.78 is 12.6. The van der Waals surface area contributed by atoms with Crippen molar-refractivity contribution >= 4 is 11.7 Å². The van der Waals surface area contributed by atoms with Gasteiger partial charge in [-0.3, -0.25) is 0 Å². The summed E-state index contributed by atoms with van der Waals surface area (Å²) in [5.74, 6) is -0.352. The molecule has 2 N–H and O–H groups in total. The summed E-state index contributed by atoms with van der Waals surface area (Å²) in [7, 11) is 1.58. The topological polar surface area (TPSA) is 52.6 Å². The fourth-order valence-corrected chi connectivity index (χ4v) is 1.07. The fourth-order valence-electron chi connectivity index (χ4n) is 1.07. The van der Waals surface area contributed by atoms with Gasteiger partial charge in [0.25, 0.3) is 0 Å². The maximum atomic E-state index is 12.6. The van der Waals surface area contributed by atoms with E-state index in [2.05, 4.69) is 5.32 Å². The molecule has 2 amide bonds. The molecular weight excluding hydrogens is 211 g/mol. The molecule has 0 aliphatic rings. The highest BCUT2D eigenvalue weighted by molar-refractivity contribution is 5.89. The standard InChI is InChI=1S/C11H15FN2O2/c1-8(7-15)14(2)11(16)13-10-5-3-9(12)4-6-10/h3-6,8,15H,7H2,1-2H3,(H,13,16). The number of amides is 2. The number of aliphatic hydroxyl groups is 1. The second kappa shape index (κ2) is 5.46. The minimum Gasteiger partial charge on any atom is -0.394 e. The van der Waals surface area contributed by atoms with Crippen LogP contribution < -0.4 is 5.32 Å². The Morgan fingerprint density at radius 2 is 2.06 bits per heavy atom. The molecule has 1 atom stereocenters. The maximum Gasteiger partial charge on any atom is 0.321 e. The highest BCUT2D eigenvalue weighted by Crippen LogP contribution is 2.09. The molecule has 16 heavy (non-hydrogen) atoms. The molecule has 0 fully saturated rings. The lowest BCUT2D eigenvalue weighted by atomic mass is 10.3. The Labute approximate surface area is 93.7 Å². The van der Waals surface area contributed by atoms with Crippen LogP contribution in [0.2, 0.25) is 0 Å². The molecule has 0 saturated heterocycles. The molecule has 0 aromatic heterocycles. The molecule has 5 heteroatoms. The number of rotatable bonds is 3. The molecule has 0 spiro atoms. The average Bonchev–Trinajstić information content (AvgIpc) is 2.30. The lowest BCUT2D eigenvalue weighted by molar-refractivity contribution is 0.166. The van der Waals surface area contributed by atoms with Crippen LogP contribution in [-0.4, -0.2) is 35.7 Å². The van der Waals surface area contributed by atoms with Crippen LogP contribution in [0.1, 0.15) is 6.92 Å². The quantitative estimate of drug-likeness (QED) is 0.823. The smallest absolute Gasteiger partial charge is 0.321 e. The van der Waals surface area contributed by atoms with Crippen molar-refractivity contribution in [3.63, 3.8) is 0 Å². The highest BCUT2D eigenvalue weighted by Gasteiger charge is 2.14. The first-order chi connectivity index (χ1) is 7.54. The van der Waals surface area contributed by atoms with Gasteiger partial charge in [0.1, 0.15) is 5.82 Å². The molecular formula is C11H15FN2O2. The lowest BCUT2D eigenvalue weighted by Crippen LogP contribution is -2.40. The summed E-state index contributed by atoms with van der Waals surface area (Å²) in [5.41, 5.74) is 0.517. The van der Waals surface area contributed by atoms with Crippen molar-refractivity contribution in [3.05, 3.63) is 30.1 Å². The Morgan fingerprint density at radius 3 is 2.56 bits per heavy atom. The third-order valence-corrected chi connectivity index (χ3v) is 2.34. The minimum atomic E-state index is -0.352. The minimum absolute atomic E-state index is 0.104. The Morgan fingerprint density at radius 1 is 1.50 bits per heavy atom. The van der Waals surface area contributed by atoms with Crippen LogP contribution in [0.4, 0.5) is 14.9 Å². The molecule has 4 nitrogen and oxygen atoms in total. The molecule has 1 aromatic rings. The summed E-state index contributed by atoms with van der Waals surface area (Å²) >= 11 is 0. The van der Waals surface area contributed by atoms with Gasteiger partial charge in [-0.2, -0.15) is 0 Å². The van der Waals surface area contributed by atoms with Crippen LogP contribution in [0, 0.1) is 5.82 Å². The Hall–Kier alpha value is -1.62. The first-order valence-electron chi connectivity index (χ1n) is 4.95. The molecule has 1 unspecified atom stereocenters. The van der Waals surface area contributed by atoms with E-state index < -0.39 is 0 Å². The monoisotopic (exact) mass is 226 g/mol. The zero-order valence-electron chi connectivity index (χ0n) is 9.27. The van der Waals surface area contributed by atoms with Gasteiger partial charge in [-0.15, -0.1) is 0 Å². The van der Waals surface area contributed by atoms with E-state index in [1.54, 1.807) is 14.0 Å². The Bertz CT molecular complexity index is 354. The number of likely N-dealkylation sites (N-methyl/N-ethyl adjacent to an activating group) is 1. The number of urea groups is 1. The molecule has 1 aromatic carbocycles. The van der Waals surface area contributed by atoms with Crippen molar-refractivity contribution < 1.29 is 14.3 Å². The average molecular weight is 226 g/mol. The van der Waals surface area contributed by atoms with E-state index >= 15 is 0 Å². The molecule has 0 aliphatic carbocycles. The molecule has 0 aliphatic heterocycles. The zero-order chi connectivity index (χ0) is 12.1. The summed E-state index contributed by atoms with van der Waals surface area (Å²) in [4.78, 5) is 13.0. The van der Waals surface area contributed by atoms with Crippen molar-refractivity contribution in [2.45, 2.75) is 13.0 Å². The van der Waals surface area contributed by atoms with Crippen molar-refractivity contribution in [1.82, 2.24) is 4.90 Å². The summed E-state index contributed by atoms with van der Waals surface area (Å²) in [5, 5.41) is 11.5. The van der Waals surface area contributed by atoms with Crippen molar-refractivity contribution in [2.24, 2.45) is 0 Å². The molecule has 1 rings (SSSR count). The molecule has 88 valence electrons. The number of hydrogen-bond acceptors (Lipinski definition) is 2. The van der Waals surface area contributed by atoms with Crippen molar-refractivity contribution in [2.75, 3.05) is 19.0 Å². The van der Waals surface area contributed by atoms with Crippen LogP contribution in [0.15, 0.2) is 24.3 Å². The number of anilines is 1. The van der Waals surface area contributed by atoms with Crippen LogP contribution in [0.3, 0.4) is 0 Å². The third-order valence-electron chi connectivity index (χ3n) is 2.34. The van der Waals surface area contributed by atoms with E-state index in [9.17, 15) is 9.18 Å². The number of nitrogens with zero attached hydrogens (tertiary/aromatic N) is 1. The predicted molar refractivity (Wildman–Crippen MR) is 59.7 cm³/mol. The first kappa shape index (κ1) is 12.4. The third kappa shape index (κ3) is 3.20. The van der Waals surface area contributed by atoms with Gasteiger partial charge in [0.05, 0.1) is 12.6 Å². The van der Waals surface area contributed by atoms with Gasteiger partial charge < -0.3 is 15.3 Å². The van der Waals surface area contributed by atoms with E-state index in [-0.39, 0.29) is 24.5 Å². The SMILES string of the molecule is CC(CO)N(C)C(=O)Nc1ccc(F)cc1. The number of carbonyl (C=O) groups excluding carboxylic acids is 1. The summed E-state index contributed by atoms with van der Waals surface area (Å²) in [6, 6.07) is 4.89. The van der Waals surface area contributed by atoms with Crippen molar-refractivity contribution in [3.8, 4) is 0 Å². The van der Waals surface area contributed by atoms with E-state index in [0.717, 1.165) is 0 Å². The van der Waals surface area contributed by atoms with Gasteiger partial charge in [0.15, 0.2) is 0 Å². The fraction of sp³-hybridized carbons (Fsp3) is 0.364. The molecule has 0 saturated carbocycles. The van der Waals surface area contributed by atoms with Gasteiger partial charge in [0.2, 0.25) is 0 Å². The van der Waals surface area contributed by atoms with E-state index in [0.29, 0.717) is 5.69 Å². The van der Waals surface area contributed by atoms with E-state index in [1.807, 2.05) is 0 Å². The molecule has 0 heterocycles. The van der Waals surface area contributed by atoms with Gasteiger partial charge in [-0.25, -0.2) is 9.18 Å². The van der Waals surface area contributed by atoms with Gasteiger partial charge >= 0.3 is 6.03 Å². The number of carbonyl (C=O) groups is 1. The van der Waals surface area contributed by atoms with E-state index in [4.69, 9.17) is 5.11 Å². The summed E-state index contributed by atoms with van der Waals surface area (Å²) in [6.45, 7) is 1.62. The van der Waals surface area contributed by atoms with Crippen LogP contribution in [0.25, 0.3) is 0 Å². The van der Waals surface area contributed by atoms with Crippen molar-refractivity contribution in [1.29, 1.82) is 0 Å². The normalized spacial score (nSPS) is 12.0. The second-order valence-electron chi connectivity index (χ2n) is 3.58. The van der Waals surface area contributed by atoms with Gasteiger partial charge in [-0.05, 0) is 31.2 Å². The maximum absolute atomic E-state index is 12.6. The second-order valence-corrected chi connectivity index (χ2v) is 3.58. The lowest BCUT2D eigenvalue weighted by Gasteiger charge is -2.23. The van der Waals surface area contributed by atoms with Gasteiger partial charge in [-0.1, -0.05) is 0 Å². The number of aliphatic hydroxyl groups excluding tert-OH is 1. The predicted octanol–water partition coefficient (Wildman–Crippen LogP) is 1.67. The first-order valence-corrected chi connectivity index (χ1v) is 4.95. The van der Waals surface area contributed by atoms with Crippen LogP contribution >= 0.6 is 0 Å². The Kier molecular flexibility index (Phi) is 4.25. The van der Waals surface area contributed by atoms with Gasteiger partial charge in [0, 0.05) is 12.7 Å². The number of benzene rings is 1. The Balaban J connectivity index is 2.60. The number of nitrogens with one attached hydrogen (secondary N) is 1. The molecule has 0 bridgehead atoms. The van der Waals surface area contributed by atoms with Crippen LogP contribution in [-0.2, 0) is 0 Å². The molecule has 0 radical (unpaired) electrons. The summed E-state index contributed by atoms with van der Waals surface area (Å²) in [6.07, 6.45) is 0. The number of halogens is 1. The number of hydrogen-bond donors (Lipinski definition) is 2. The zero-order valence-corrected chi connectivity index (χ0v) is 9.27.